The van der Waals surface area contributed by atoms with E-state index in [1.54, 1.807) is 38.1 Å². The highest BCUT2D eigenvalue weighted by atomic mass is 16.6. The zero-order valence-electron chi connectivity index (χ0n) is 17.5. The highest BCUT2D eigenvalue weighted by Crippen LogP contribution is 2.35. The summed E-state index contributed by atoms with van der Waals surface area (Å²) in [6.07, 6.45) is 1.32. The van der Waals surface area contributed by atoms with Crippen molar-refractivity contribution in [2.75, 3.05) is 25.6 Å². The number of hydrogen-bond donors (Lipinski definition) is 1. The molecule has 164 valence electrons. The molecule has 1 heterocycles. The molecule has 0 aliphatic rings. The molecule has 1 amide bonds. The molecular weight excluding hydrogens is 404 g/mol. The number of furan rings is 1. The van der Waals surface area contributed by atoms with E-state index in [9.17, 15) is 19.6 Å². The fraction of sp³-hybridized carbons (Fsp3) is 0.364. The van der Waals surface area contributed by atoms with Crippen molar-refractivity contribution >= 4 is 23.5 Å². The summed E-state index contributed by atoms with van der Waals surface area (Å²) in [5.41, 5.74) is 0.410. The van der Waals surface area contributed by atoms with Crippen molar-refractivity contribution in [1.82, 2.24) is 0 Å². The number of esters is 2. The van der Waals surface area contributed by atoms with Gasteiger partial charge in [-0.25, -0.2) is 0 Å². The molecule has 1 aromatic carbocycles. The third kappa shape index (κ3) is 5.85. The summed E-state index contributed by atoms with van der Waals surface area (Å²) in [5.74, 6) is -6.08. The normalized spacial score (nSPS) is 12.4. The van der Waals surface area contributed by atoms with E-state index in [1.165, 1.54) is 25.5 Å². The molecule has 0 aliphatic carbocycles. The third-order valence-corrected chi connectivity index (χ3v) is 4.45. The number of methoxy groups -OCH3 is 1. The van der Waals surface area contributed by atoms with Gasteiger partial charge in [-0.2, -0.15) is 5.26 Å². The molecular formula is C22H24N2O7. The number of carbonyl (C=O) groups excluding carboxylic acids is 3. The molecule has 0 spiro atoms. The minimum absolute atomic E-state index is 0.00881. The molecule has 2 aromatic rings. The maximum Gasteiger partial charge on any atom is 0.321 e. The highest BCUT2D eigenvalue weighted by molar-refractivity contribution is 5.99. The molecule has 0 radical (unpaired) electrons. The molecule has 9 heteroatoms. The lowest BCUT2D eigenvalue weighted by Gasteiger charge is -2.25. The van der Waals surface area contributed by atoms with Gasteiger partial charge in [0.1, 0.15) is 17.4 Å². The Labute approximate surface area is 179 Å². The van der Waals surface area contributed by atoms with E-state index in [2.05, 4.69) is 5.32 Å². The highest BCUT2D eigenvalue weighted by Gasteiger charge is 2.47. The first-order valence-electron chi connectivity index (χ1n) is 9.67. The predicted molar refractivity (Wildman–Crippen MR) is 109 cm³/mol. The van der Waals surface area contributed by atoms with Gasteiger partial charge in [-0.1, -0.05) is 0 Å². The summed E-state index contributed by atoms with van der Waals surface area (Å²) in [4.78, 5) is 38.3. The Morgan fingerprint density at radius 2 is 1.68 bits per heavy atom. The van der Waals surface area contributed by atoms with E-state index in [0.29, 0.717) is 11.4 Å². The lowest BCUT2D eigenvalue weighted by molar-refractivity contribution is -0.163. The topological polar surface area (TPSA) is 128 Å². The molecule has 0 fully saturated rings. The van der Waals surface area contributed by atoms with Gasteiger partial charge in [0, 0.05) is 5.69 Å². The van der Waals surface area contributed by atoms with Crippen molar-refractivity contribution in [3.63, 3.8) is 0 Å². The van der Waals surface area contributed by atoms with Gasteiger partial charge in [-0.3, -0.25) is 14.4 Å². The zero-order valence-corrected chi connectivity index (χ0v) is 17.5. The number of nitrogens with zero attached hydrogens (tertiary/aromatic N) is 1. The Morgan fingerprint density at radius 3 is 2.13 bits per heavy atom. The van der Waals surface area contributed by atoms with Crippen LogP contribution in [-0.4, -0.2) is 38.2 Å². The smallest absolute Gasteiger partial charge is 0.321 e. The second kappa shape index (κ2) is 11.4. The maximum atomic E-state index is 13.0. The quantitative estimate of drug-likeness (QED) is 0.452. The average Bonchev–Trinajstić information content (AvgIpc) is 3.29. The average molecular weight is 428 g/mol. The Balaban J connectivity index is 2.42. The molecule has 1 N–H and O–H groups in total. The van der Waals surface area contributed by atoms with Crippen LogP contribution in [0.25, 0.3) is 0 Å². The van der Waals surface area contributed by atoms with Crippen molar-refractivity contribution in [3.8, 4) is 11.8 Å². The summed E-state index contributed by atoms with van der Waals surface area (Å²) >= 11 is 0. The van der Waals surface area contributed by atoms with Crippen molar-refractivity contribution in [1.29, 1.82) is 5.26 Å². The lowest BCUT2D eigenvalue weighted by Crippen LogP contribution is -2.40. The number of amides is 1. The Hall–Kier alpha value is -3.80. The summed E-state index contributed by atoms with van der Waals surface area (Å²) < 4.78 is 20.5. The zero-order chi connectivity index (χ0) is 22.8. The van der Waals surface area contributed by atoms with Gasteiger partial charge in [0.25, 0.3) is 0 Å². The fourth-order valence-corrected chi connectivity index (χ4v) is 3.05. The first kappa shape index (κ1) is 23.5. The number of rotatable bonds is 10. The largest absolute Gasteiger partial charge is 0.497 e. The monoisotopic (exact) mass is 428 g/mol. The molecule has 0 saturated heterocycles. The molecule has 0 saturated carbocycles. The summed E-state index contributed by atoms with van der Waals surface area (Å²) in [7, 11) is 1.51. The van der Waals surface area contributed by atoms with Gasteiger partial charge in [0.15, 0.2) is 5.92 Å². The second-order valence-corrected chi connectivity index (χ2v) is 6.35. The van der Waals surface area contributed by atoms with Gasteiger partial charge in [0.05, 0.1) is 38.6 Å². The molecule has 9 nitrogen and oxygen atoms in total. The molecule has 1 aromatic heterocycles. The number of anilines is 1. The maximum absolute atomic E-state index is 13.0. The summed E-state index contributed by atoms with van der Waals surface area (Å²) in [5, 5.41) is 12.4. The van der Waals surface area contributed by atoms with Gasteiger partial charge in [-0.05, 0) is 50.2 Å². The first-order valence-corrected chi connectivity index (χ1v) is 9.67. The summed E-state index contributed by atoms with van der Waals surface area (Å²) in [6, 6.07) is 11.4. The van der Waals surface area contributed by atoms with E-state index in [1.807, 2.05) is 6.07 Å². The van der Waals surface area contributed by atoms with Crippen LogP contribution in [-0.2, 0) is 23.9 Å². The van der Waals surface area contributed by atoms with Crippen LogP contribution >= 0.6 is 0 Å². The van der Waals surface area contributed by atoms with E-state index in [0.717, 1.165) is 0 Å². The van der Waals surface area contributed by atoms with Crippen LogP contribution < -0.4 is 10.1 Å². The van der Waals surface area contributed by atoms with E-state index in [4.69, 9.17) is 18.6 Å². The minimum atomic E-state index is -1.56. The standard InChI is InChI=1S/C22H24N2O7/c1-4-29-21(26)19(22(27)30-5-2)18(17-7-6-12-31-17)16(13-23)20(25)24-14-8-10-15(28-3)11-9-14/h6-12,16,18-19H,4-5H2,1-3H3,(H,24,25). The number of ether oxygens (including phenoxy) is 3. The Kier molecular flexibility index (Phi) is 8.64. The number of benzene rings is 1. The molecule has 0 bridgehead atoms. The molecule has 2 atom stereocenters. The van der Waals surface area contributed by atoms with Crippen molar-refractivity contribution in [3.05, 3.63) is 48.4 Å². The predicted octanol–water partition coefficient (Wildman–Crippen LogP) is 2.89. The van der Waals surface area contributed by atoms with E-state index >= 15 is 0 Å². The van der Waals surface area contributed by atoms with Crippen molar-refractivity contribution in [2.24, 2.45) is 11.8 Å². The van der Waals surface area contributed by atoms with Gasteiger partial charge in [0.2, 0.25) is 5.91 Å². The van der Waals surface area contributed by atoms with Gasteiger partial charge < -0.3 is 23.9 Å². The minimum Gasteiger partial charge on any atom is -0.497 e. The second-order valence-electron chi connectivity index (χ2n) is 6.35. The van der Waals surface area contributed by atoms with Crippen LogP contribution in [0.4, 0.5) is 5.69 Å². The number of nitrogens with one attached hydrogen (secondary N) is 1. The third-order valence-electron chi connectivity index (χ3n) is 4.45. The van der Waals surface area contributed by atoms with Gasteiger partial charge in [-0.15, -0.1) is 0 Å². The van der Waals surface area contributed by atoms with Crippen LogP contribution in [0.1, 0.15) is 25.5 Å². The van der Waals surface area contributed by atoms with E-state index < -0.39 is 35.6 Å². The lowest BCUT2D eigenvalue weighted by atomic mass is 9.79. The van der Waals surface area contributed by atoms with Crippen LogP contribution in [0.2, 0.25) is 0 Å². The molecule has 0 aliphatic heterocycles. The van der Waals surface area contributed by atoms with Crippen LogP contribution in [0.15, 0.2) is 47.1 Å². The van der Waals surface area contributed by atoms with Gasteiger partial charge >= 0.3 is 11.9 Å². The Morgan fingerprint density at radius 1 is 1.06 bits per heavy atom. The molecule has 2 unspecified atom stereocenters. The molecule has 31 heavy (non-hydrogen) atoms. The molecule has 2 rings (SSSR count). The van der Waals surface area contributed by atoms with Crippen molar-refractivity contribution in [2.45, 2.75) is 19.8 Å². The number of nitriles is 1. The SMILES string of the molecule is CCOC(=O)C(C(=O)OCC)C(c1ccco1)C(C#N)C(=O)Nc1ccc(OC)cc1. The number of carbonyl (C=O) groups is 3. The fourth-order valence-electron chi connectivity index (χ4n) is 3.05. The Bertz CT molecular complexity index is 898. The number of hydrogen-bond acceptors (Lipinski definition) is 8. The van der Waals surface area contributed by atoms with Crippen LogP contribution in [0.3, 0.4) is 0 Å². The van der Waals surface area contributed by atoms with Crippen molar-refractivity contribution < 1.29 is 33.0 Å². The van der Waals surface area contributed by atoms with Crippen LogP contribution in [0, 0.1) is 23.2 Å². The first-order chi connectivity index (χ1) is 15.0. The van der Waals surface area contributed by atoms with E-state index in [-0.39, 0.29) is 19.0 Å². The summed E-state index contributed by atoms with van der Waals surface area (Å²) in [6.45, 7) is 3.18. The van der Waals surface area contributed by atoms with Crippen LogP contribution in [0.5, 0.6) is 5.75 Å².